The lowest BCUT2D eigenvalue weighted by Crippen LogP contribution is -2.42. The van der Waals surface area contributed by atoms with Gasteiger partial charge in [-0.25, -0.2) is 14.2 Å². The second-order valence-corrected chi connectivity index (χ2v) is 8.89. The zero-order chi connectivity index (χ0) is 24.1. The van der Waals surface area contributed by atoms with Crippen LogP contribution in [0, 0.1) is 17.6 Å². The van der Waals surface area contributed by atoms with Crippen molar-refractivity contribution in [2.75, 3.05) is 13.7 Å². The predicted octanol–water partition coefficient (Wildman–Crippen LogP) is 3.09. The number of hydrogen-bond donors (Lipinski definition) is 3. The number of allylic oxidation sites excluding steroid dienone is 1. The first-order chi connectivity index (χ1) is 15.7. The molecule has 0 radical (unpaired) electrons. The van der Waals surface area contributed by atoms with Crippen molar-refractivity contribution in [3.05, 3.63) is 62.9 Å². The molecule has 0 bridgehead atoms. The van der Waals surface area contributed by atoms with E-state index in [0.717, 1.165) is 29.9 Å². The minimum atomic E-state index is -0.776. The summed E-state index contributed by atoms with van der Waals surface area (Å²) in [6.45, 7) is 4.01. The largest absolute Gasteiger partial charge is 0.504 e. The fourth-order valence-corrected chi connectivity index (χ4v) is 3.99. The van der Waals surface area contributed by atoms with Crippen molar-refractivity contribution in [2.45, 2.75) is 33.1 Å². The SMILES string of the molecule is CC[C@H](C)C/C1=C(/O)C(=O)/C(c2nnc(Cc3ccc(F)cc3F)s2)=C\NNCN(C)C1=O. The van der Waals surface area contributed by atoms with E-state index in [2.05, 4.69) is 21.0 Å². The number of hydrogen-bond acceptors (Lipinski definition) is 8. The normalized spacial score (nSPS) is 20.3. The Morgan fingerprint density at radius 3 is 2.73 bits per heavy atom. The molecular formula is C22H25F2N5O3S. The highest BCUT2D eigenvalue weighted by Gasteiger charge is 2.29. The van der Waals surface area contributed by atoms with Crippen molar-refractivity contribution < 1.29 is 23.5 Å². The third kappa shape index (κ3) is 5.79. The van der Waals surface area contributed by atoms with E-state index in [1.54, 1.807) is 7.05 Å². The fourth-order valence-electron chi connectivity index (χ4n) is 3.12. The number of aromatic nitrogens is 2. The topological polar surface area (TPSA) is 107 Å². The van der Waals surface area contributed by atoms with E-state index in [-0.39, 0.29) is 47.1 Å². The second-order valence-electron chi connectivity index (χ2n) is 7.83. The Hall–Kier alpha value is -3.18. The third-order valence-electron chi connectivity index (χ3n) is 5.29. The molecule has 3 rings (SSSR count). The molecule has 1 aromatic carbocycles. The van der Waals surface area contributed by atoms with Crippen LogP contribution in [0.5, 0.6) is 0 Å². The van der Waals surface area contributed by atoms with Crippen LogP contribution in [0.3, 0.4) is 0 Å². The van der Waals surface area contributed by atoms with Gasteiger partial charge in [0.1, 0.15) is 16.6 Å². The van der Waals surface area contributed by atoms with E-state index in [4.69, 9.17) is 0 Å². The van der Waals surface area contributed by atoms with Gasteiger partial charge in [0.15, 0.2) is 10.8 Å². The molecule has 0 saturated carbocycles. The first-order valence-corrected chi connectivity index (χ1v) is 11.2. The first-order valence-electron chi connectivity index (χ1n) is 10.4. The highest BCUT2D eigenvalue weighted by Crippen LogP contribution is 2.27. The number of carbonyl (C=O) groups excluding carboxylic acids is 2. The Kier molecular flexibility index (Phi) is 7.88. The number of aliphatic hydroxyl groups is 1. The van der Waals surface area contributed by atoms with Crippen molar-refractivity contribution in [3.8, 4) is 0 Å². The second kappa shape index (κ2) is 10.6. The Balaban J connectivity index is 1.94. The van der Waals surface area contributed by atoms with E-state index in [9.17, 15) is 23.5 Å². The minimum Gasteiger partial charge on any atom is -0.504 e. The van der Waals surface area contributed by atoms with Gasteiger partial charge >= 0.3 is 0 Å². The number of rotatable bonds is 6. The molecule has 0 fully saturated rings. The van der Waals surface area contributed by atoms with Gasteiger partial charge in [-0.3, -0.25) is 9.59 Å². The number of nitrogens with one attached hydrogen (secondary N) is 2. The van der Waals surface area contributed by atoms with Crippen LogP contribution in [-0.2, 0) is 16.0 Å². The number of nitrogens with zero attached hydrogens (tertiary/aromatic N) is 3. The number of hydrazine groups is 1. The number of aliphatic hydroxyl groups excluding tert-OH is 1. The number of Topliss-reactive ketones (excluding diaryl/α,β-unsaturated/α-hetero) is 1. The van der Waals surface area contributed by atoms with Crippen molar-refractivity contribution >= 4 is 28.6 Å². The Morgan fingerprint density at radius 1 is 1.27 bits per heavy atom. The van der Waals surface area contributed by atoms with E-state index in [1.165, 1.54) is 17.2 Å². The Morgan fingerprint density at radius 2 is 2.03 bits per heavy atom. The molecule has 0 saturated heterocycles. The highest BCUT2D eigenvalue weighted by molar-refractivity contribution is 7.12. The molecule has 0 spiro atoms. The van der Waals surface area contributed by atoms with Gasteiger partial charge < -0.3 is 15.4 Å². The van der Waals surface area contributed by atoms with Gasteiger partial charge in [0.05, 0.1) is 17.8 Å². The lowest BCUT2D eigenvalue weighted by molar-refractivity contribution is -0.127. The standard InChI is InChI=1S/C22H25F2N5O3S/c1-4-12(2)7-15-19(30)20(31)16(10-25-26-11-29(3)22(15)32)21-28-27-18(33-21)8-13-5-6-14(23)9-17(13)24/h5-6,9-10,12,25-26,30H,4,7-8,11H2,1-3H3/b16-10+,19-15-/t12-/m0/s1. The number of amides is 1. The van der Waals surface area contributed by atoms with Crippen LogP contribution in [0.2, 0.25) is 0 Å². The number of carbonyl (C=O) groups is 2. The van der Waals surface area contributed by atoms with Crippen LogP contribution in [0.1, 0.15) is 42.3 Å². The molecule has 2 aromatic rings. The van der Waals surface area contributed by atoms with Crippen LogP contribution >= 0.6 is 11.3 Å². The number of ketones is 1. The molecule has 1 amide bonds. The monoisotopic (exact) mass is 477 g/mol. The molecule has 1 aliphatic heterocycles. The van der Waals surface area contributed by atoms with Crippen molar-refractivity contribution in [3.63, 3.8) is 0 Å². The predicted molar refractivity (Wildman–Crippen MR) is 120 cm³/mol. The molecule has 0 unspecified atom stereocenters. The third-order valence-corrected chi connectivity index (χ3v) is 6.25. The quantitative estimate of drug-likeness (QED) is 0.587. The summed E-state index contributed by atoms with van der Waals surface area (Å²) in [5.41, 5.74) is 5.80. The van der Waals surface area contributed by atoms with Crippen molar-refractivity contribution in [2.24, 2.45) is 5.92 Å². The number of likely N-dealkylation sites (N-methyl/N-ethyl adjacent to an activating group) is 1. The van der Waals surface area contributed by atoms with E-state index < -0.39 is 29.1 Å². The summed E-state index contributed by atoms with van der Waals surface area (Å²) in [6, 6.07) is 3.26. The van der Waals surface area contributed by atoms with Gasteiger partial charge in [-0.2, -0.15) is 0 Å². The lowest BCUT2D eigenvalue weighted by Gasteiger charge is -2.23. The van der Waals surface area contributed by atoms with E-state index >= 15 is 0 Å². The van der Waals surface area contributed by atoms with Gasteiger partial charge in [0, 0.05) is 25.7 Å². The van der Waals surface area contributed by atoms with Crippen molar-refractivity contribution in [1.29, 1.82) is 0 Å². The summed E-state index contributed by atoms with van der Waals surface area (Å²) in [4.78, 5) is 27.4. The molecule has 176 valence electrons. The lowest BCUT2D eigenvalue weighted by atomic mass is 9.95. The molecule has 0 aliphatic carbocycles. The molecule has 3 N–H and O–H groups in total. The maximum Gasteiger partial charge on any atom is 0.254 e. The molecule has 1 aliphatic rings. The maximum atomic E-state index is 14.0. The van der Waals surface area contributed by atoms with Gasteiger partial charge in [-0.1, -0.05) is 37.7 Å². The highest BCUT2D eigenvalue weighted by atomic mass is 32.1. The van der Waals surface area contributed by atoms with Crippen LogP contribution in [0.4, 0.5) is 8.78 Å². The summed E-state index contributed by atoms with van der Waals surface area (Å²) in [7, 11) is 1.56. The van der Waals surface area contributed by atoms with Crippen LogP contribution in [0.25, 0.3) is 5.57 Å². The average molecular weight is 478 g/mol. The molecule has 11 heteroatoms. The zero-order valence-corrected chi connectivity index (χ0v) is 19.3. The van der Waals surface area contributed by atoms with Gasteiger partial charge in [-0.05, 0) is 24.0 Å². The first kappa shape index (κ1) is 24.5. The van der Waals surface area contributed by atoms with Crippen LogP contribution in [-0.4, -0.2) is 45.6 Å². The molecule has 33 heavy (non-hydrogen) atoms. The smallest absolute Gasteiger partial charge is 0.254 e. The van der Waals surface area contributed by atoms with Gasteiger partial charge in [0.25, 0.3) is 5.91 Å². The zero-order valence-electron chi connectivity index (χ0n) is 18.5. The minimum absolute atomic E-state index is 0.00216. The summed E-state index contributed by atoms with van der Waals surface area (Å²) in [5.74, 6) is -3.18. The van der Waals surface area contributed by atoms with Crippen molar-refractivity contribution in [1.82, 2.24) is 25.9 Å². The van der Waals surface area contributed by atoms with E-state index in [0.29, 0.717) is 5.01 Å². The summed E-state index contributed by atoms with van der Waals surface area (Å²) >= 11 is 1.03. The van der Waals surface area contributed by atoms with Crippen LogP contribution < -0.4 is 10.9 Å². The summed E-state index contributed by atoms with van der Waals surface area (Å²) in [6.07, 6.45) is 2.40. The maximum absolute atomic E-state index is 14.0. The molecule has 8 nitrogen and oxygen atoms in total. The number of halogens is 2. The number of benzene rings is 1. The van der Waals surface area contributed by atoms with Gasteiger partial charge in [-0.15, -0.1) is 10.2 Å². The van der Waals surface area contributed by atoms with Crippen LogP contribution in [0.15, 0.2) is 35.7 Å². The average Bonchev–Trinajstić information content (AvgIpc) is 3.25. The molecule has 1 atom stereocenters. The van der Waals surface area contributed by atoms with E-state index in [1.807, 2.05) is 13.8 Å². The molecule has 1 aromatic heterocycles. The Bertz CT molecular complexity index is 1120. The van der Waals surface area contributed by atoms with Gasteiger partial charge in [0.2, 0.25) is 5.78 Å². The fraction of sp³-hybridized carbons (Fsp3) is 0.364. The summed E-state index contributed by atoms with van der Waals surface area (Å²) in [5, 5.41) is 19.4. The molecular weight excluding hydrogens is 452 g/mol. The summed E-state index contributed by atoms with van der Waals surface area (Å²) < 4.78 is 27.1. The Labute approximate surface area is 194 Å². The molecule has 2 heterocycles.